The summed E-state index contributed by atoms with van der Waals surface area (Å²) in [7, 11) is -2.65. The molecular formula is C23H19ClF3N5O2S. The Morgan fingerprint density at radius 2 is 1.80 bits per heavy atom. The van der Waals surface area contributed by atoms with Gasteiger partial charge in [0.25, 0.3) is 10.0 Å². The summed E-state index contributed by atoms with van der Waals surface area (Å²) in [5.74, 6) is -0.160. The topological polar surface area (TPSA) is 78.2 Å². The lowest BCUT2D eigenvalue weighted by Gasteiger charge is -2.24. The van der Waals surface area contributed by atoms with Crippen molar-refractivity contribution in [1.29, 1.82) is 0 Å². The van der Waals surface area contributed by atoms with E-state index in [9.17, 15) is 21.6 Å². The molecule has 0 spiro atoms. The number of rotatable bonds is 6. The van der Waals surface area contributed by atoms with Crippen molar-refractivity contribution in [2.75, 3.05) is 13.6 Å². The fourth-order valence-corrected chi connectivity index (χ4v) is 4.46. The molecule has 2 aromatic carbocycles. The van der Waals surface area contributed by atoms with E-state index >= 15 is 0 Å². The number of hydrazone groups is 1. The first-order valence-electron chi connectivity index (χ1n) is 10.3. The standard InChI is InChI=1S/C23H19ClF3N5O2S/c1-31(15-29-35(33,34)20-10-6-18(7-11-20)23(25,26)27)32-14-21(17-3-2-12-28-13-17)22(30-32)16-4-8-19(24)9-5-16/h2-13,15,21H,14H2,1H3. The Hall–Kier alpha value is -3.44. The molecule has 2 heterocycles. The van der Waals surface area contributed by atoms with Crippen LogP contribution >= 0.6 is 11.6 Å². The predicted octanol–water partition coefficient (Wildman–Crippen LogP) is 4.82. The highest BCUT2D eigenvalue weighted by atomic mass is 35.5. The second-order valence-corrected chi connectivity index (χ2v) is 9.75. The Labute approximate surface area is 205 Å². The van der Waals surface area contributed by atoms with Crippen molar-refractivity contribution in [2.24, 2.45) is 9.50 Å². The van der Waals surface area contributed by atoms with Crippen LogP contribution in [0.2, 0.25) is 5.02 Å². The molecule has 35 heavy (non-hydrogen) atoms. The van der Waals surface area contributed by atoms with Gasteiger partial charge in [-0.1, -0.05) is 29.8 Å². The van der Waals surface area contributed by atoms with E-state index < -0.39 is 21.8 Å². The minimum absolute atomic E-state index is 0.160. The molecular weight excluding hydrogens is 503 g/mol. The van der Waals surface area contributed by atoms with Crippen molar-refractivity contribution >= 4 is 33.7 Å². The van der Waals surface area contributed by atoms with Crippen LogP contribution in [0.4, 0.5) is 13.2 Å². The summed E-state index contributed by atoms with van der Waals surface area (Å²) < 4.78 is 67.0. The highest BCUT2D eigenvalue weighted by Crippen LogP contribution is 2.31. The molecule has 3 aromatic rings. The van der Waals surface area contributed by atoms with Gasteiger partial charge in [-0.2, -0.15) is 26.7 Å². The van der Waals surface area contributed by atoms with Crippen LogP contribution < -0.4 is 0 Å². The average Bonchev–Trinajstić information content (AvgIpc) is 3.29. The highest BCUT2D eigenvalue weighted by molar-refractivity contribution is 7.90. The summed E-state index contributed by atoms with van der Waals surface area (Å²) in [6, 6.07) is 14.1. The maximum absolute atomic E-state index is 12.8. The second-order valence-electron chi connectivity index (χ2n) is 7.68. The van der Waals surface area contributed by atoms with Gasteiger partial charge in [-0.15, -0.1) is 4.40 Å². The minimum Gasteiger partial charge on any atom is -0.264 e. The number of pyridine rings is 1. The molecule has 182 valence electrons. The molecule has 0 bridgehead atoms. The van der Waals surface area contributed by atoms with Gasteiger partial charge in [0.2, 0.25) is 0 Å². The average molecular weight is 522 g/mol. The molecule has 0 N–H and O–H groups in total. The van der Waals surface area contributed by atoms with Gasteiger partial charge in [0, 0.05) is 24.5 Å². The number of alkyl halides is 3. The van der Waals surface area contributed by atoms with Crippen LogP contribution in [0.25, 0.3) is 0 Å². The molecule has 0 aliphatic carbocycles. The fourth-order valence-electron chi connectivity index (χ4n) is 3.48. The number of hydrogen-bond acceptors (Lipinski definition) is 5. The normalized spacial score (nSPS) is 16.5. The summed E-state index contributed by atoms with van der Waals surface area (Å²) in [5, 5.41) is 8.18. The van der Waals surface area contributed by atoms with E-state index in [0.717, 1.165) is 35.3 Å². The summed E-state index contributed by atoms with van der Waals surface area (Å²) in [4.78, 5) is 3.83. The lowest BCUT2D eigenvalue weighted by atomic mass is 9.92. The Morgan fingerprint density at radius 3 is 2.40 bits per heavy atom. The number of benzene rings is 2. The van der Waals surface area contributed by atoms with E-state index in [-0.39, 0.29) is 10.8 Å². The maximum Gasteiger partial charge on any atom is 0.416 e. The lowest BCUT2D eigenvalue weighted by molar-refractivity contribution is -0.137. The largest absolute Gasteiger partial charge is 0.416 e. The SMILES string of the molecule is CN(C=NS(=O)(=O)c1ccc(C(F)(F)F)cc1)N1CC(c2cccnc2)C(c2ccc(Cl)cc2)=N1. The zero-order valence-electron chi connectivity index (χ0n) is 18.3. The molecule has 0 saturated heterocycles. The third kappa shape index (κ3) is 5.63. The number of halogens is 4. The van der Waals surface area contributed by atoms with E-state index in [1.807, 2.05) is 24.3 Å². The van der Waals surface area contributed by atoms with E-state index in [1.165, 1.54) is 5.01 Å². The first-order valence-corrected chi connectivity index (χ1v) is 12.1. The van der Waals surface area contributed by atoms with E-state index in [4.69, 9.17) is 11.6 Å². The van der Waals surface area contributed by atoms with Crippen LogP contribution in [0.1, 0.15) is 22.6 Å². The number of sulfonamides is 1. The van der Waals surface area contributed by atoms with Gasteiger partial charge in [-0.3, -0.25) is 9.99 Å². The van der Waals surface area contributed by atoms with Crippen LogP contribution in [0, 0.1) is 0 Å². The van der Waals surface area contributed by atoms with Crippen LogP contribution in [0.3, 0.4) is 0 Å². The lowest BCUT2D eigenvalue weighted by Crippen LogP contribution is -2.34. The molecule has 1 aromatic heterocycles. The summed E-state index contributed by atoms with van der Waals surface area (Å²) in [6.45, 7) is 0.381. The Balaban J connectivity index is 1.57. The number of nitrogens with zero attached hydrogens (tertiary/aromatic N) is 5. The van der Waals surface area contributed by atoms with Gasteiger partial charge in [0.05, 0.1) is 28.6 Å². The molecule has 1 aliphatic rings. The smallest absolute Gasteiger partial charge is 0.264 e. The molecule has 1 atom stereocenters. The monoisotopic (exact) mass is 521 g/mol. The zero-order valence-corrected chi connectivity index (χ0v) is 19.8. The van der Waals surface area contributed by atoms with Gasteiger partial charge >= 0.3 is 6.18 Å². The van der Waals surface area contributed by atoms with Gasteiger partial charge in [0.15, 0.2) is 0 Å². The van der Waals surface area contributed by atoms with Crippen LogP contribution in [-0.2, 0) is 16.2 Å². The summed E-state index contributed by atoms with van der Waals surface area (Å²) in [6.07, 6.45) is -0.100. The maximum atomic E-state index is 12.8. The third-order valence-corrected chi connectivity index (χ3v) is 6.81. The number of hydrazine groups is 1. The van der Waals surface area contributed by atoms with Crippen molar-refractivity contribution in [3.05, 3.63) is 94.8 Å². The van der Waals surface area contributed by atoms with Crippen LogP contribution in [0.15, 0.2) is 87.5 Å². The quantitative estimate of drug-likeness (QED) is 0.343. The summed E-state index contributed by atoms with van der Waals surface area (Å²) in [5.41, 5.74) is 1.56. The van der Waals surface area contributed by atoms with Gasteiger partial charge in [0.1, 0.15) is 6.34 Å². The summed E-state index contributed by atoms with van der Waals surface area (Å²) >= 11 is 6.02. The fraction of sp³-hybridized carbons (Fsp3) is 0.174. The molecule has 4 rings (SSSR count). The minimum atomic E-state index is -4.56. The second kappa shape index (κ2) is 9.67. The van der Waals surface area contributed by atoms with Crippen molar-refractivity contribution in [1.82, 2.24) is 15.1 Å². The first kappa shape index (κ1) is 24.7. The van der Waals surface area contributed by atoms with E-state index in [1.54, 1.807) is 36.7 Å². The zero-order chi connectivity index (χ0) is 25.2. The molecule has 0 fully saturated rings. The Bertz CT molecular complexity index is 1350. The van der Waals surface area contributed by atoms with Crippen molar-refractivity contribution in [2.45, 2.75) is 17.0 Å². The molecule has 0 amide bonds. The van der Waals surface area contributed by atoms with Gasteiger partial charge < -0.3 is 0 Å². The van der Waals surface area contributed by atoms with E-state index in [2.05, 4.69) is 14.5 Å². The number of aromatic nitrogens is 1. The van der Waals surface area contributed by atoms with Crippen molar-refractivity contribution in [3.63, 3.8) is 0 Å². The molecule has 1 unspecified atom stereocenters. The Morgan fingerprint density at radius 1 is 1.11 bits per heavy atom. The first-order chi connectivity index (χ1) is 16.5. The third-order valence-electron chi connectivity index (χ3n) is 5.32. The number of hydrogen-bond donors (Lipinski definition) is 0. The van der Waals surface area contributed by atoms with Crippen molar-refractivity contribution < 1.29 is 21.6 Å². The highest BCUT2D eigenvalue weighted by Gasteiger charge is 2.32. The van der Waals surface area contributed by atoms with Gasteiger partial charge in [-0.05, 0) is 53.6 Å². The molecule has 0 radical (unpaired) electrons. The predicted molar refractivity (Wildman–Crippen MR) is 127 cm³/mol. The molecule has 0 saturated carbocycles. The molecule has 7 nitrogen and oxygen atoms in total. The van der Waals surface area contributed by atoms with Crippen LogP contribution in [-0.4, -0.2) is 49.2 Å². The van der Waals surface area contributed by atoms with E-state index in [0.29, 0.717) is 23.7 Å². The van der Waals surface area contributed by atoms with Gasteiger partial charge in [-0.25, -0.2) is 5.12 Å². The van der Waals surface area contributed by atoms with Crippen LogP contribution in [0.5, 0.6) is 0 Å². The molecule has 12 heteroatoms. The van der Waals surface area contributed by atoms with Crippen molar-refractivity contribution in [3.8, 4) is 0 Å². The Kier molecular flexibility index (Phi) is 6.82. The molecule has 1 aliphatic heterocycles.